The molecule has 1 saturated heterocycles. The van der Waals surface area contributed by atoms with Gasteiger partial charge in [-0.25, -0.2) is 9.97 Å². The van der Waals surface area contributed by atoms with Gasteiger partial charge in [0.25, 0.3) is 0 Å². The van der Waals surface area contributed by atoms with Crippen molar-refractivity contribution in [3.05, 3.63) is 23.3 Å². The molecule has 0 radical (unpaired) electrons. The molecule has 1 aromatic rings. The van der Waals surface area contributed by atoms with Gasteiger partial charge < -0.3 is 9.64 Å². The predicted octanol–water partition coefficient (Wildman–Crippen LogP) is 4.00. The smallest absolute Gasteiger partial charge is 0.228 e. The van der Waals surface area contributed by atoms with Gasteiger partial charge in [0.1, 0.15) is 5.82 Å². The highest BCUT2D eigenvalue weighted by molar-refractivity contribution is 5.82. The lowest BCUT2D eigenvalue weighted by Crippen LogP contribution is -2.46. The number of carbonyl (C=O) groups excluding carboxylic acids is 1. The van der Waals surface area contributed by atoms with Gasteiger partial charge in [-0.2, -0.15) is 0 Å². The maximum Gasteiger partial charge on any atom is 0.228 e. The number of piperidine rings is 1. The highest BCUT2D eigenvalue weighted by Gasteiger charge is 2.39. The molecular weight excluding hydrogens is 326 g/mol. The minimum Gasteiger partial charge on any atom is -0.377 e. The van der Waals surface area contributed by atoms with Crippen LogP contribution in [0, 0.1) is 12.3 Å². The van der Waals surface area contributed by atoms with Crippen LogP contribution in [0.25, 0.3) is 0 Å². The first kappa shape index (κ1) is 19.3. The van der Waals surface area contributed by atoms with Crippen molar-refractivity contribution >= 4 is 5.91 Å². The quantitative estimate of drug-likeness (QED) is 0.797. The van der Waals surface area contributed by atoms with Crippen molar-refractivity contribution in [1.82, 2.24) is 14.9 Å². The van der Waals surface area contributed by atoms with Crippen LogP contribution in [-0.2, 0) is 16.1 Å². The molecule has 2 heterocycles. The van der Waals surface area contributed by atoms with Crippen LogP contribution in [0.3, 0.4) is 0 Å². The van der Waals surface area contributed by atoms with E-state index in [0.717, 1.165) is 55.9 Å². The fraction of sp³-hybridized carbons (Fsp3) is 0.762. The Kier molecular flexibility index (Phi) is 6.28. The van der Waals surface area contributed by atoms with E-state index in [1.165, 1.54) is 19.3 Å². The molecule has 3 rings (SSSR count). The number of amides is 1. The number of likely N-dealkylation sites (tertiary alicyclic amines) is 1. The lowest BCUT2D eigenvalue weighted by molar-refractivity contribution is -0.144. The van der Waals surface area contributed by atoms with E-state index in [0.29, 0.717) is 25.0 Å². The summed E-state index contributed by atoms with van der Waals surface area (Å²) in [5.41, 5.74) is 2.10. The second-order valence-corrected chi connectivity index (χ2v) is 8.15. The van der Waals surface area contributed by atoms with Gasteiger partial charge in [0.05, 0.1) is 12.3 Å². The topological polar surface area (TPSA) is 55.3 Å². The van der Waals surface area contributed by atoms with E-state index >= 15 is 0 Å². The zero-order valence-electron chi connectivity index (χ0n) is 16.6. The van der Waals surface area contributed by atoms with E-state index in [9.17, 15) is 4.79 Å². The molecule has 0 spiro atoms. The van der Waals surface area contributed by atoms with Crippen LogP contribution in [0.2, 0.25) is 0 Å². The van der Waals surface area contributed by atoms with Crippen molar-refractivity contribution in [2.75, 3.05) is 19.7 Å². The van der Waals surface area contributed by atoms with Crippen LogP contribution >= 0.6 is 0 Å². The Morgan fingerprint density at radius 3 is 2.62 bits per heavy atom. The summed E-state index contributed by atoms with van der Waals surface area (Å²) >= 11 is 0. The molecule has 0 aromatic carbocycles. The third-order valence-corrected chi connectivity index (χ3v) is 6.12. The fourth-order valence-corrected chi connectivity index (χ4v) is 4.47. The molecule has 2 fully saturated rings. The first-order valence-electron chi connectivity index (χ1n) is 10.2. The van der Waals surface area contributed by atoms with Crippen molar-refractivity contribution in [3.63, 3.8) is 0 Å². The second kappa shape index (κ2) is 8.47. The van der Waals surface area contributed by atoms with Crippen LogP contribution in [0.5, 0.6) is 0 Å². The van der Waals surface area contributed by atoms with Gasteiger partial charge in [-0.05, 0) is 39.5 Å². The first-order chi connectivity index (χ1) is 12.5. The number of aryl methyl sites for hydroxylation is 1. The van der Waals surface area contributed by atoms with Crippen LogP contribution in [0.4, 0.5) is 0 Å². The lowest BCUT2D eigenvalue weighted by Gasteiger charge is -2.40. The van der Waals surface area contributed by atoms with E-state index in [4.69, 9.17) is 9.72 Å². The van der Waals surface area contributed by atoms with Crippen LogP contribution in [0.1, 0.15) is 81.8 Å². The van der Waals surface area contributed by atoms with E-state index in [-0.39, 0.29) is 5.41 Å². The summed E-state index contributed by atoms with van der Waals surface area (Å²) in [5.74, 6) is 1.59. The molecule has 144 valence electrons. The molecule has 1 aromatic heterocycles. The third kappa shape index (κ3) is 4.25. The van der Waals surface area contributed by atoms with Crippen molar-refractivity contribution in [2.24, 2.45) is 5.41 Å². The van der Waals surface area contributed by atoms with E-state index in [1.54, 1.807) is 0 Å². The minimum absolute atomic E-state index is 0.128. The number of ether oxygens (including phenoxy) is 1. The second-order valence-electron chi connectivity index (χ2n) is 8.15. The molecular formula is C21H33N3O2. The summed E-state index contributed by atoms with van der Waals surface area (Å²) in [5, 5.41) is 0. The van der Waals surface area contributed by atoms with Gasteiger partial charge in [0.2, 0.25) is 5.91 Å². The highest BCUT2D eigenvalue weighted by atomic mass is 16.5. The summed E-state index contributed by atoms with van der Waals surface area (Å²) in [6.07, 6.45) is 9.65. The van der Waals surface area contributed by atoms with Gasteiger partial charge in [-0.3, -0.25) is 4.79 Å². The number of hydrogen-bond acceptors (Lipinski definition) is 4. The summed E-state index contributed by atoms with van der Waals surface area (Å²) in [7, 11) is 0. The lowest BCUT2D eigenvalue weighted by atomic mass is 9.74. The molecule has 5 nitrogen and oxygen atoms in total. The van der Waals surface area contributed by atoms with E-state index < -0.39 is 0 Å². The van der Waals surface area contributed by atoms with Gasteiger partial charge >= 0.3 is 0 Å². The Morgan fingerprint density at radius 1 is 1.27 bits per heavy atom. The van der Waals surface area contributed by atoms with Gasteiger partial charge in [-0.15, -0.1) is 0 Å². The standard InChI is InChI=1S/C21H33N3O2/c1-4-26-15-18-14-22-16(2)23-19(18)17-8-12-24(13-9-17)20(25)21(3)10-6-5-7-11-21/h14,17H,4-13,15H2,1-3H3. The minimum atomic E-state index is -0.128. The molecule has 1 saturated carbocycles. The predicted molar refractivity (Wildman–Crippen MR) is 102 cm³/mol. The third-order valence-electron chi connectivity index (χ3n) is 6.12. The Hall–Kier alpha value is -1.49. The Bertz CT molecular complexity index is 618. The molecule has 26 heavy (non-hydrogen) atoms. The first-order valence-corrected chi connectivity index (χ1v) is 10.2. The van der Waals surface area contributed by atoms with E-state index in [1.807, 2.05) is 20.0 Å². The zero-order chi connectivity index (χ0) is 18.6. The number of carbonyl (C=O) groups is 1. The average Bonchev–Trinajstić information content (AvgIpc) is 2.67. The molecule has 0 bridgehead atoms. The zero-order valence-corrected chi connectivity index (χ0v) is 16.6. The average molecular weight is 360 g/mol. The summed E-state index contributed by atoms with van der Waals surface area (Å²) < 4.78 is 5.60. The summed E-state index contributed by atoms with van der Waals surface area (Å²) in [6.45, 7) is 9.07. The number of rotatable bonds is 5. The molecule has 0 N–H and O–H groups in total. The van der Waals surface area contributed by atoms with Gasteiger partial charge in [0.15, 0.2) is 0 Å². The molecule has 0 atom stereocenters. The normalized spacial score (nSPS) is 21.0. The van der Waals surface area contributed by atoms with E-state index in [2.05, 4.69) is 16.8 Å². The maximum atomic E-state index is 13.1. The SMILES string of the molecule is CCOCc1cnc(C)nc1C1CCN(C(=O)C2(C)CCCCC2)CC1. The van der Waals surface area contributed by atoms with Crippen LogP contribution in [-0.4, -0.2) is 40.5 Å². The van der Waals surface area contributed by atoms with Gasteiger partial charge in [0, 0.05) is 42.8 Å². The molecule has 0 unspecified atom stereocenters. The van der Waals surface area contributed by atoms with Crippen molar-refractivity contribution in [3.8, 4) is 0 Å². The van der Waals surface area contributed by atoms with Crippen molar-refractivity contribution < 1.29 is 9.53 Å². The molecule has 1 aliphatic heterocycles. The number of aromatic nitrogens is 2. The van der Waals surface area contributed by atoms with Crippen LogP contribution < -0.4 is 0 Å². The van der Waals surface area contributed by atoms with Crippen molar-refractivity contribution in [1.29, 1.82) is 0 Å². The maximum absolute atomic E-state index is 13.1. The monoisotopic (exact) mass is 359 g/mol. The fourth-order valence-electron chi connectivity index (χ4n) is 4.47. The molecule has 1 aliphatic carbocycles. The van der Waals surface area contributed by atoms with Crippen molar-refractivity contribution in [2.45, 2.75) is 78.2 Å². The molecule has 2 aliphatic rings. The molecule has 5 heteroatoms. The Balaban J connectivity index is 1.65. The Labute approximate surface area is 157 Å². The highest BCUT2D eigenvalue weighted by Crippen LogP contribution is 2.39. The summed E-state index contributed by atoms with van der Waals surface area (Å²) in [6, 6.07) is 0. The number of nitrogens with zero attached hydrogens (tertiary/aromatic N) is 3. The Morgan fingerprint density at radius 2 is 1.96 bits per heavy atom. The summed E-state index contributed by atoms with van der Waals surface area (Å²) in [4.78, 5) is 24.2. The molecule has 1 amide bonds. The largest absolute Gasteiger partial charge is 0.377 e. The number of hydrogen-bond donors (Lipinski definition) is 0. The van der Waals surface area contributed by atoms with Gasteiger partial charge in [-0.1, -0.05) is 26.2 Å². The van der Waals surface area contributed by atoms with Crippen LogP contribution in [0.15, 0.2) is 6.20 Å².